The Morgan fingerprint density at radius 2 is 2.20 bits per heavy atom. The van der Waals surface area contributed by atoms with Gasteiger partial charge < -0.3 is 10.1 Å². The first-order valence-electron chi connectivity index (χ1n) is 7.33. The van der Waals surface area contributed by atoms with Crippen LogP contribution in [0.2, 0.25) is 0 Å². The molecule has 1 heterocycles. The molecule has 20 heavy (non-hydrogen) atoms. The van der Waals surface area contributed by atoms with Crippen molar-refractivity contribution in [1.82, 2.24) is 10.2 Å². The average molecular weight is 277 g/mol. The standard InChI is InChI=1S/C15H23N3O2/c1-8-10-5-9(15(10,2)3)6-11(8)17-12-7-16-18-14(19)13(12)20-4/h7-11H,5-6H2,1-4H3,(H2,17,18,19)/t8-,9+,10-,11-/m1/s1. The number of ether oxygens (including phenoxy) is 1. The number of aromatic amines is 1. The lowest BCUT2D eigenvalue weighted by atomic mass is 9.45. The highest BCUT2D eigenvalue weighted by Gasteiger charge is 2.56. The van der Waals surface area contributed by atoms with Crippen molar-refractivity contribution in [3.05, 3.63) is 16.6 Å². The van der Waals surface area contributed by atoms with Crippen LogP contribution in [-0.4, -0.2) is 23.3 Å². The normalized spacial score (nSPS) is 34.2. The number of rotatable bonds is 3. The van der Waals surface area contributed by atoms with Gasteiger partial charge in [-0.05, 0) is 36.0 Å². The largest absolute Gasteiger partial charge is 0.490 e. The van der Waals surface area contributed by atoms with Gasteiger partial charge in [0.2, 0.25) is 5.75 Å². The summed E-state index contributed by atoms with van der Waals surface area (Å²) in [6, 6.07) is 0.393. The molecule has 4 rings (SSSR count). The van der Waals surface area contributed by atoms with Crippen LogP contribution in [0, 0.1) is 23.2 Å². The maximum absolute atomic E-state index is 11.7. The molecule has 3 aliphatic carbocycles. The van der Waals surface area contributed by atoms with Crippen molar-refractivity contribution in [3.8, 4) is 5.75 Å². The predicted octanol–water partition coefficient (Wildman–Crippen LogP) is 2.26. The zero-order valence-corrected chi connectivity index (χ0v) is 12.6. The van der Waals surface area contributed by atoms with Gasteiger partial charge in [0.1, 0.15) is 5.69 Å². The molecule has 2 N–H and O–H groups in total. The van der Waals surface area contributed by atoms with Gasteiger partial charge in [-0.2, -0.15) is 5.10 Å². The number of H-pyrrole nitrogens is 1. The number of methoxy groups -OCH3 is 1. The van der Waals surface area contributed by atoms with Gasteiger partial charge in [-0.25, -0.2) is 5.10 Å². The summed E-state index contributed by atoms with van der Waals surface area (Å²) in [6.45, 7) is 7.08. The van der Waals surface area contributed by atoms with Crippen LogP contribution in [0.3, 0.4) is 0 Å². The molecule has 0 aromatic carbocycles. The van der Waals surface area contributed by atoms with Gasteiger partial charge in [0.15, 0.2) is 0 Å². The van der Waals surface area contributed by atoms with Gasteiger partial charge in [0.05, 0.1) is 13.3 Å². The summed E-state index contributed by atoms with van der Waals surface area (Å²) in [4.78, 5) is 11.7. The molecule has 0 amide bonds. The number of aromatic nitrogens is 2. The van der Waals surface area contributed by atoms with E-state index in [0.717, 1.165) is 18.3 Å². The van der Waals surface area contributed by atoms with Gasteiger partial charge in [-0.15, -0.1) is 0 Å². The van der Waals surface area contributed by atoms with E-state index in [1.807, 2.05) is 0 Å². The van der Waals surface area contributed by atoms with Crippen molar-refractivity contribution in [2.75, 3.05) is 12.4 Å². The van der Waals surface area contributed by atoms with Crippen LogP contribution in [-0.2, 0) is 0 Å². The fraction of sp³-hybridized carbons (Fsp3) is 0.733. The van der Waals surface area contributed by atoms with Crippen molar-refractivity contribution in [3.63, 3.8) is 0 Å². The molecule has 1 aromatic rings. The third kappa shape index (κ3) is 1.83. The maximum Gasteiger partial charge on any atom is 0.308 e. The predicted molar refractivity (Wildman–Crippen MR) is 78.0 cm³/mol. The number of anilines is 1. The van der Waals surface area contributed by atoms with Gasteiger partial charge in [0.25, 0.3) is 0 Å². The summed E-state index contributed by atoms with van der Waals surface area (Å²) >= 11 is 0. The average Bonchev–Trinajstić information content (AvgIpc) is 2.40. The molecule has 1 aromatic heterocycles. The molecule has 110 valence electrons. The summed E-state index contributed by atoms with van der Waals surface area (Å²) in [7, 11) is 1.51. The van der Waals surface area contributed by atoms with Crippen molar-refractivity contribution < 1.29 is 4.74 Å². The van der Waals surface area contributed by atoms with Gasteiger partial charge in [-0.1, -0.05) is 20.8 Å². The Kier molecular flexibility index (Phi) is 3.03. The number of hydrogen-bond acceptors (Lipinski definition) is 4. The second-order valence-electron chi connectivity index (χ2n) is 6.85. The number of fused-ring (bicyclic) bond motifs is 2. The first-order chi connectivity index (χ1) is 9.45. The summed E-state index contributed by atoms with van der Waals surface area (Å²) in [5.41, 5.74) is 0.882. The zero-order chi connectivity index (χ0) is 14.5. The van der Waals surface area contributed by atoms with Crippen LogP contribution < -0.4 is 15.6 Å². The lowest BCUT2D eigenvalue weighted by molar-refractivity contribution is -0.105. The smallest absolute Gasteiger partial charge is 0.308 e. The molecular formula is C15H23N3O2. The van der Waals surface area contributed by atoms with E-state index >= 15 is 0 Å². The molecule has 0 spiro atoms. The Morgan fingerprint density at radius 1 is 1.45 bits per heavy atom. The van der Waals surface area contributed by atoms with Crippen LogP contribution in [0.15, 0.2) is 11.0 Å². The Bertz CT molecular complexity index is 566. The minimum atomic E-state index is -0.286. The van der Waals surface area contributed by atoms with E-state index in [-0.39, 0.29) is 5.56 Å². The SMILES string of the molecule is COc1c(N[C@@H]2C[C@@H]3C[C@H]([C@H]2C)C3(C)C)cn[nH]c1=O. The minimum Gasteiger partial charge on any atom is -0.490 e. The van der Waals surface area contributed by atoms with Crippen molar-refractivity contribution in [2.24, 2.45) is 23.2 Å². The molecule has 0 saturated heterocycles. The molecule has 5 nitrogen and oxygen atoms in total. The van der Waals surface area contributed by atoms with E-state index in [9.17, 15) is 4.79 Å². The van der Waals surface area contributed by atoms with Crippen LogP contribution in [0.1, 0.15) is 33.6 Å². The molecule has 0 aliphatic heterocycles. The van der Waals surface area contributed by atoms with E-state index in [4.69, 9.17) is 4.74 Å². The third-order valence-electron chi connectivity index (χ3n) is 5.71. The lowest BCUT2D eigenvalue weighted by Gasteiger charge is -2.62. The Balaban J connectivity index is 1.80. The summed E-state index contributed by atoms with van der Waals surface area (Å²) in [5.74, 6) is 2.46. The summed E-state index contributed by atoms with van der Waals surface area (Å²) in [5, 5.41) is 9.74. The molecule has 3 saturated carbocycles. The topological polar surface area (TPSA) is 67.0 Å². The van der Waals surface area contributed by atoms with E-state index in [0.29, 0.717) is 28.8 Å². The first-order valence-corrected chi connectivity index (χ1v) is 7.33. The molecular weight excluding hydrogens is 254 g/mol. The molecule has 3 aliphatic rings. The quantitative estimate of drug-likeness (QED) is 0.889. The number of nitrogens with zero attached hydrogens (tertiary/aromatic N) is 1. The number of hydrogen-bond donors (Lipinski definition) is 2. The third-order valence-corrected chi connectivity index (χ3v) is 5.71. The monoisotopic (exact) mass is 277 g/mol. The van der Waals surface area contributed by atoms with Crippen molar-refractivity contribution in [1.29, 1.82) is 0 Å². The van der Waals surface area contributed by atoms with E-state index in [1.54, 1.807) is 6.20 Å². The minimum absolute atomic E-state index is 0.286. The van der Waals surface area contributed by atoms with Crippen LogP contribution in [0.5, 0.6) is 5.75 Å². The molecule has 2 bridgehead atoms. The highest BCUT2D eigenvalue weighted by Crippen LogP contribution is 2.61. The Hall–Kier alpha value is -1.52. The van der Waals surface area contributed by atoms with Crippen LogP contribution >= 0.6 is 0 Å². The van der Waals surface area contributed by atoms with Crippen molar-refractivity contribution >= 4 is 5.69 Å². The Labute approximate surface area is 119 Å². The molecule has 0 unspecified atom stereocenters. The second kappa shape index (κ2) is 4.50. The molecule has 5 heteroatoms. The highest BCUT2D eigenvalue weighted by atomic mass is 16.5. The van der Waals surface area contributed by atoms with Crippen LogP contribution in [0.25, 0.3) is 0 Å². The van der Waals surface area contributed by atoms with E-state index < -0.39 is 0 Å². The Morgan fingerprint density at radius 3 is 2.80 bits per heavy atom. The lowest BCUT2D eigenvalue weighted by Crippen LogP contribution is -2.58. The van der Waals surface area contributed by atoms with Gasteiger partial charge in [-0.3, -0.25) is 4.79 Å². The van der Waals surface area contributed by atoms with Crippen molar-refractivity contribution in [2.45, 2.75) is 39.7 Å². The van der Waals surface area contributed by atoms with Crippen LogP contribution in [0.4, 0.5) is 5.69 Å². The fourth-order valence-corrected chi connectivity index (χ4v) is 4.23. The van der Waals surface area contributed by atoms with Gasteiger partial charge in [0, 0.05) is 6.04 Å². The summed E-state index contributed by atoms with van der Waals surface area (Å²) < 4.78 is 5.19. The van der Waals surface area contributed by atoms with Gasteiger partial charge >= 0.3 is 5.56 Å². The second-order valence-corrected chi connectivity index (χ2v) is 6.85. The maximum atomic E-state index is 11.7. The molecule has 0 radical (unpaired) electrons. The van der Waals surface area contributed by atoms with E-state index in [1.165, 1.54) is 13.5 Å². The zero-order valence-electron chi connectivity index (χ0n) is 12.6. The van der Waals surface area contributed by atoms with E-state index in [2.05, 4.69) is 36.3 Å². The first kappa shape index (κ1) is 13.5. The molecule has 4 atom stereocenters. The highest BCUT2D eigenvalue weighted by molar-refractivity contribution is 5.54. The number of nitrogens with one attached hydrogen (secondary N) is 2. The summed E-state index contributed by atoms with van der Waals surface area (Å²) in [6.07, 6.45) is 4.13. The molecule has 3 fully saturated rings. The fourth-order valence-electron chi connectivity index (χ4n) is 4.23.